The van der Waals surface area contributed by atoms with E-state index in [1.807, 2.05) is 54.6 Å². The van der Waals surface area contributed by atoms with E-state index in [1.54, 1.807) is 6.07 Å². The molecule has 0 amide bonds. The second kappa shape index (κ2) is 14.4. The van der Waals surface area contributed by atoms with Crippen molar-refractivity contribution in [3.8, 4) is 5.75 Å². The van der Waals surface area contributed by atoms with Gasteiger partial charge in [-0.1, -0.05) is 81.4 Å². The Morgan fingerprint density at radius 1 is 0.909 bits per heavy atom. The predicted octanol–water partition coefficient (Wildman–Crippen LogP) is 7.11. The highest BCUT2D eigenvalue weighted by Crippen LogP contribution is 2.41. The molecule has 1 aromatic heterocycles. The maximum atomic E-state index is 12.5. The molecule has 0 unspecified atom stereocenters. The summed E-state index contributed by atoms with van der Waals surface area (Å²) in [5, 5.41) is 4.65. The molecule has 0 radical (unpaired) electrons. The first kappa shape index (κ1) is 33.2. The average molecular weight is 615 g/mol. The van der Waals surface area contributed by atoms with Crippen molar-refractivity contribution in [1.82, 2.24) is 10.3 Å². The molecule has 4 aromatic rings. The van der Waals surface area contributed by atoms with Gasteiger partial charge in [-0.05, 0) is 65.9 Å². The first-order chi connectivity index (χ1) is 20.9. The Hall–Kier alpha value is -3.72. The highest BCUT2D eigenvalue weighted by Gasteiger charge is 2.40. The minimum atomic E-state index is -2.17. The van der Waals surface area contributed by atoms with E-state index in [0.717, 1.165) is 28.5 Å². The van der Waals surface area contributed by atoms with Gasteiger partial charge < -0.3 is 24.2 Å². The van der Waals surface area contributed by atoms with Crippen LogP contribution in [0.1, 0.15) is 56.1 Å². The Bertz CT molecular complexity index is 1590. The van der Waals surface area contributed by atoms with Crippen molar-refractivity contribution in [3.05, 3.63) is 111 Å². The Morgan fingerprint density at radius 2 is 1.59 bits per heavy atom. The molecular formula is C36H46N2O5Si. The summed E-state index contributed by atoms with van der Waals surface area (Å²) in [6, 6.07) is 25.7. The van der Waals surface area contributed by atoms with Crippen molar-refractivity contribution >= 4 is 25.2 Å². The minimum Gasteiger partial charge on any atom is -0.487 e. The number of rotatable bonds is 13. The number of esters is 1. The van der Waals surface area contributed by atoms with Gasteiger partial charge >= 0.3 is 5.97 Å². The van der Waals surface area contributed by atoms with E-state index in [9.17, 15) is 9.59 Å². The third-order valence-electron chi connectivity index (χ3n) is 8.51. The molecule has 2 N–H and O–H groups in total. The summed E-state index contributed by atoms with van der Waals surface area (Å²) in [6.45, 7) is 14.4. The first-order valence-electron chi connectivity index (χ1n) is 15.2. The van der Waals surface area contributed by atoms with Crippen molar-refractivity contribution in [2.45, 2.75) is 77.4 Å². The fourth-order valence-corrected chi connectivity index (χ4v) is 6.17. The second-order valence-corrected chi connectivity index (χ2v) is 17.7. The smallest absolute Gasteiger partial charge is 0.309 e. The normalized spacial score (nSPS) is 13.4. The van der Waals surface area contributed by atoms with Crippen LogP contribution >= 0.6 is 0 Å². The van der Waals surface area contributed by atoms with Crippen LogP contribution in [0.2, 0.25) is 18.1 Å². The second-order valence-electron chi connectivity index (χ2n) is 13.0. The van der Waals surface area contributed by atoms with Gasteiger partial charge in [0.25, 0.3) is 0 Å². The molecule has 0 bridgehead atoms. The third-order valence-corrected chi connectivity index (χ3v) is 13.0. The van der Waals surface area contributed by atoms with Gasteiger partial charge in [-0.2, -0.15) is 0 Å². The molecule has 0 aliphatic rings. The van der Waals surface area contributed by atoms with Crippen molar-refractivity contribution in [2.24, 2.45) is 0 Å². The van der Waals surface area contributed by atoms with Crippen LogP contribution < -0.4 is 15.6 Å². The van der Waals surface area contributed by atoms with Gasteiger partial charge in [-0.25, -0.2) is 0 Å². The van der Waals surface area contributed by atoms with Crippen molar-refractivity contribution < 1.29 is 18.7 Å². The zero-order chi connectivity index (χ0) is 31.9. The molecule has 44 heavy (non-hydrogen) atoms. The Morgan fingerprint density at radius 3 is 2.25 bits per heavy atom. The number of hydrogen-bond donors (Lipinski definition) is 2. The van der Waals surface area contributed by atoms with Gasteiger partial charge in [0, 0.05) is 24.0 Å². The number of pyridine rings is 1. The Balaban J connectivity index is 1.58. The lowest BCUT2D eigenvalue weighted by molar-refractivity contribution is -0.139. The number of H-pyrrole nitrogens is 1. The van der Waals surface area contributed by atoms with Crippen molar-refractivity contribution in [3.63, 3.8) is 0 Å². The van der Waals surface area contributed by atoms with E-state index in [2.05, 4.69) is 69.3 Å². The molecule has 0 spiro atoms. The van der Waals surface area contributed by atoms with Crippen LogP contribution in [0.3, 0.4) is 0 Å². The molecular weight excluding hydrogens is 568 g/mol. The Labute approximate surface area is 262 Å². The van der Waals surface area contributed by atoms with Crippen LogP contribution in [0.15, 0.2) is 83.7 Å². The molecule has 234 valence electrons. The first-order valence-corrected chi connectivity index (χ1v) is 18.2. The summed E-state index contributed by atoms with van der Waals surface area (Å²) in [5.41, 5.74) is 4.69. The number of carbonyl (C=O) groups is 1. The summed E-state index contributed by atoms with van der Waals surface area (Å²) in [5.74, 6) is 0.390. The average Bonchev–Trinajstić information content (AvgIpc) is 2.99. The standard InChI is InChI=1S/C36H46N2O5Si/c1-25(21-26-13-15-27(16-14-26)22-34(40)41-5)37-23-32(43-44(6,7)36(2,3)4)29-17-19-31(35-30(29)18-20-33(39)38-35)42-24-28-11-9-8-10-12-28/h8-20,25,32,37H,21-24H2,1-7H3,(H,38,39)/t25-,32+/m1/s1. The number of hydrogen-bond acceptors (Lipinski definition) is 6. The number of carbonyl (C=O) groups excluding carboxylic acids is 1. The summed E-state index contributed by atoms with van der Waals surface area (Å²) in [6.07, 6.45) is 0.857. The molecule has 1 heterocycles. The van der Waals surface area contributed by atoms with E-state index in [-0.39, 0.29) is 35.1 Å². The van der Waals surface area contributed by atoms with Gasteiger partial charge in [0.1, 0.15) is 12.4 Å². The van der Waals surface area contributed by atoms with Gasteiger partial charge in [0.2, 0.25) is 5.56 Å². The molecule has 0 aliphatic carbocycles. The summed E-state index contributed by atoms with van der Waals surface area (Å²) >= 11 is 0. The number of methoxy groups -OCH3 is 1. The van der Waals surface area contributed by atoms with Crippen LogP contribution in [0, 0.1) is 0 Å². The fraction of sp³-hybridized carbons (Fsp3) is 0.389. The van der Waals surface area contributed by atoms with E-state index in [0.29, 0.717) is 24.4 Å². The predicted molar refractivity (Wildman–Crippen MR) is 180 cm³/mol. The number of fused-ring (bicyclic) bond motifs is 1. The summed E-state index contributed by atoms with van der Waals surface area (Å²) in [7, 11) is -0.767. The van der Waals surface area contributed by atoms with E-state index in [1.165, 1.54) is 12.7 Å². The SMILES string of the molecule is COC(=O)Cc1ccc(C[C@@H](C)NC[C@H](O[Si](C)(C)C(C)(C)C)c2ccc(OCc3ccccc3)c3[nH]c(=O)ccc23)cc1. The lowest BCUT2D eigenvalue weighted by atomic mass is 10.0. The zero-order valence-corrected chi connectivity index (χ0v) is 28.0. The molecule has 4 rings (SSSR count). The Kier molecular flexibility index (Phi) is 10.8. The molecule has 0 fully saturated rings. The molecule has 0 saturated heterocycles. The van der Waals surface area contributed by atoms with Crippen LogP contribution in [-0.4, -0.2) is 39.0 Å². The number of benzene rings is 3. The molecule has 7 nitrogen and oxygen atoms in total. The molecule has 2 atom stereocenters. The number of aromatic amines is 1. The van der Waals surface area contributed by atoms with Gasteiger partial charge in [-0.15, -0.1) is 0 Å². The number of aromatic nitrogens is 1. The zero-order valence-electron chi connectivity index (χ0n) is 27.0. The molecule has 3 aromatic carbocycles. The van der Waals surface area contributed by atoms with Crippen molar-refractivity contribution in [2.75, 3.05) is 13.7 Å². The lowest BCUT2D eigenvalue weighted by Gasteiger charge is -2.40. The molecule has 8 heteroatoms. The van der Waals surface area contributed by atoms with Crippen molar-refractivity contribution in [1.29, 1.82) is 0 Å². The van der Waals surface area contributed by atoms with Crippen LogP contribution in [-0.2, 0) is 33.4 Å². The number of ether oxygens (including phenoxy) is 2. The topological polar surface area (TPSA) is 89.7 Å². The largest absolute Gasteiger partial charge is 0.487 e. The molecule has 0 saturated carbocycles. The highest BCUT2D eigenvalue weighted by atomic mass is 28.4. The minimum absolute atomic E-state index is 0.0195. The third kappa shape index (κ3) is 8.68. The van der Waals surface area contributed by atoms with Gasteiger partial charge in [0.15, 0.2) is 8.32 Å². The lowest BCUT2D eigenvalue weighted by Crippen LogP contribution is -2.44. The number of nitrogens with one attached hydrogen (secondary N) is 2. The van der Waals surface area contributed by atoms with Gasteiger partial charge in [-0.3, -0.25) is 9.59 Å². The van der Waals surface area contributed by atoms with Crippen LogP contribution in [0.25, 0.3) is 10.9 Å². The summed E-state index contributed by atoms with van der Waals surface area (Å²) in [4.78, 5) is 27.1. The monoisotopic (exact) mass is 614 g/mol. The molecule has 0 aliphatic heterocycles. The van der Waals surface area contributed by atoms with Crippen LogP contribution in [0.5, 0.6) is 5.75 Å². The van der Waals surface area contributed by atoms with Gasteiger partial charge in [0.05, 0.1) is 25.2 Å². The van der Waals surface area contributed by atoms with E-state index >= 15 is 0 Å². The summed E-state index contributed by atoms with van der Waals surface area (Å²) < 4.78 is 18.0. The maximum Gasteiger partial charge on any atom is 0.309 e. The fourth-order valence-electron chi connectivity index (χ4n) is 4.90. The quantitative estimate of drug-likeness (QED) is 0.123. The maximum absolute atomic E-state index is 12.5. The van der Waals surface area contributed by atoms with Crippen LogP contribution in [0.4, 0.5) is 0 Å². The van der Waals surface area contributed by atoms with E-state index < -0.39 is 8.32 Å². The highest BCUT2D eigenvalue weighted by molar-refractivity contribution is 6.74. The van der Waals surface area contributed by atoms with E-state index in [4.69, 9.17) is 13.9 Å².